The van der Waals surface area contributed by atoms with Crippen molar-refractivity contribution in [3.63, 3.8) is 0 Å². The fourth-order valence-corrected chi connectivity index (χ4v) is 6.31. The van der Waals surface area contributed by atoms with Gasteiger partial charge in [0.25, 0.3) is 12.0 Å². The number of alkyl halides is 2. The van der Waals surface area contributed by atoms with Gasteiger partial charge in [0, 0.05) is 36.8 Å². The Labute approximate surface area is 185 Å². The summed E-state index contributed by atoms with van der Waals surface area (Å²) in [4.78, 5) is 22.0. The van der Waals surface area contributed by atoms with Gasteiger partial charge in [0.1, 0.15) is 5.65 Å². The number of nitrogens with zero attached hydrogens (tertiary/aromatic N) is 4. The third-order valence-electron chi connectivity index (χ3n) is 7.36. The monoisotopic (exact) mass is 467 g/mol. The van der Waals surface area contributed by atoms with E-state index >= 15 is 0 Å². The van der Waals surface area contributed by atoms with E-state index in [9.17, 15) is 22.0 Å². The van der Waals surface area contributed by atoms with Crippen LogP contribution in [0.15, 0.2) is 17.1 Å². The molecule has 5 rings (SSSR count). The first-order valence-corrected chi connectivity index (χ1v) is 12.9. The summed E-state index contributed by atoms with van der Waals surface area (Å²) in [6, 6.07) is 1.09. The van der Waals surface area contributed by atoms with E-state index in [1.807, 2.05) is 0 Å². The van der Waals surface area contributed by atoms with Gasteiger partial charge in [-0.1, -0.05) is 6.42 Å². The highest BCUT2D eigenvalue weighted by atomic mass is 32.2. The summed E-state index contributed by atoms with van der Waals surface area (Å²) < 4.78 is 53.6. The molecule has 2 saturated carbocycles. The molecule has 0 aromatic carbocycles. The van der Waals surface area contributed by atoms with Crippen molar-refractivity contribution in [2.75, 3.05) is 24.7 Å². The predicted octanol–water partition coefficient (Wildman–Crippen LogP) is 3.07. The Morgan fingerprint density at radius 2 is 1.91 bits per heavy atom. The largest absolute Gasteiger partial charge is 0.351 e. The molecular weight excluding hydrogens is 440 g/mol. The van der Waals surface area contributed by atoms with E-state index < -0.39 is 27.6 Å². The first-order valence-electron chi connectivity index (χ1n) is 11.1. The number of pyridine rings is 1. The molecule has 1 atom stereocenters. The average molecular weight is 468 g/mol. The zero-order chi connectivity index (χ0) is 22.7. The molecule has 3 fully saturated rings. The highest BCUT2D eigenvalue weighted by Gasteiger charge is 2.53. The van der Waals surface area contributed by atoms with Crippen LogP contribution < -0.4 is 10.9 Å². The van der Waals surface area contributed by atoms with Crippen molar-refractivity contribution in [2.24, 2.45) is 5.41 Å². The van der Waals surface area contributed by atoms with Gasteiger partial charge >= 0.3 is 0 Å². The van der Waals surface area contributed by atoms with Crippen LogP contribution in [-0.4, -0.2) is 52.6 Å². The molecule has 0 amide bonds. The minimum Gasteiger partial charge on any atom is -0.351 e. The standard InChI is InChI=1S/C21H27F2N5O3S/c1-32(30,31)27-9-4-14(5-10-27)25-20-24-12-13-11-15(17(22)23)19(29)28(18(13)26-20)16-3-2-6-21(16)7-8-21/h11-12,14,16-17H,2-10H2,1H3,(H,24,25,26). The maximum atomic E-state index is 13.6. The van der Waals surface area contributed by atoms with Crippen molar-refractivity contribution in [3.8, 4) is 0 Å². The second kappa shape index (κ2) is 7.72. The number of anilines is 1. The van der Waals surface area contributed by atoms with E-state index in [2.05, 4.69) is 15.3 Å². The van der Waals surface area contributed by atoms with Gasteiger partial charge in [-0.2, -0.15) is 4.98 Å². The summed E-state index contributed by atoms with van der Waals surface area (Å²) in [7, 11) is -3.21. The molecule has 1 aliphatic heterocycles. The summed E-state index contributed by atoms with van der Waals surface area (Å²) in [5.41, 5.74) is -0.729. The smallest absolute Gasteiger partial charge is 0.269 e. The molecule has 0 bridgehead atoms. The quantitative estimate of drug-likeness (QED) is 0.726. The Balaban J connectivity index is 1.49. The fraction of sp³-hybridized carbons (Fsp3) is 0.667. The molecule has 0 radical (unpaired) electrons. The molecule has 2 aromatic rings. The van der Waals surface area contributed by atoms with E-state index in [4.69, 9.17) is 0 Å². The molecule has 174 valence electrons. The second-order valence-corrected chi connectivity index (χ2v) is 11.4. The van der Waals surface area contributed by atoms with Crippen LogP contribution in [0.25, 0.3) is 11.0 Å². The number of piperidine rings is 1. The Morgan fingerprint density at radius 1 is 1.19 bits per heavy atom. The summed E-state index contributed by atoms with van der Waals surface area (Å²) in [5.74, 6) is 0.330. The lowest BCUT2D eigenvalue weighted by Gasteiger charge is -2.30. The Hall–Kier alpha value is -2.14. The molecule has 8 nitrogen and oxygen atoms in total. The molecule has 1 N–H and O–H groups in total. The normalized spacial score (nSPS) is 23.9. The van der Waals surface area contributed by atoms with E-state index in [1.165, 1.54) is 27.4 Å². The van der Waals surface area contributed by atoms with Gasteiger partial charge in [-0.25, -0.2) is 26.5 Å². The van der Waals surface area contributed by atoms with Crippen LogP contribution in [0, 0.1) is 5.41 Å². The van der Waals surface area contributed by atoms with Gasteiger partial charge in [0.05, 0.1) is 11.8 Å². The molecular formula is C21H27F2N5O3S. The molecule has 1 saturated heterocycles. The summed E-state index contributed by atoms with van der Waals surface area (Å²) >= 11 is 0. The van der Waals surface area contributed by atoms with E-state index in [0.29, 0.717) is 42.9 Å². The highest BCUT2D eigenvalue weighted by molar-refractivity contribution is 7.88. The van der Waals surface area contributed by atoms with Crippen molar-refractivity contribution in [2.45, 2.75) is 63.5 Å². The third-order valence-corrected chi connectivity index (χ3v) is 8.66. The molecule has 3 aliphatic rings. The maximum Gasteiger partial charge on any atom is 0.269 e. The molecule has 32 heavy (non-hydrogen) atoms. The van der Waals surface area contributed by atoms with Crippen LogP contribution in [0.3, 0.4) is 0 Å². The number of rotatable bonds is 5. The Morgan fingerprint density at radius 3 is 2.53 bits per heavy atom. The molecule has 1 unspecified atom stereocenters. The SMILES string of the molecule is CS(=O)(=O)N1CCC(Nc2ncc3cc(C(F)F)c(=O)n(C4CCCC45CC5)c3n2)CC1. The minimum atomic E-state index is -3.21. The Bertz CT molecular complexity index is 1200. The van der Waals surface area contributed by atoms with E-state index in [0.717, 1.165) is 32.1 Å². The van der Waals surface area contributed by atoms with Gasteiger partial charge in [-0.05, 0) is 50.0 Å². The van der Waals surface area contributed by atoms with Crippen LogP contribution in [0.5, 0.6) is 0 Å². The zero-order valence-electron chi connectivity index (χ0n) is 17.9. The average Bonchev–Trinajstić information content (AvgIpc) is 3.40. The molecule has 11 heteroatoms. The van der Waals surface area contributed by atoms with Crippen molar-refractivity contribution in [3.05, 3.63) is 28.2 Å². The maximum absolute atomic E-state index is 13.6. The molecule has 3 heterocycles. The lowest BCUT2D eigenvalue weighted by Crippen LogP contribution is -2.42. The second-order valence-electron chi connectivity index (χ2n) is 9.40. The van der Waals surface area contributed by atoms with Crippen LogP contribution in [0.4, 0.5) is 14.7 Å². The zero-order valence-corrected chi connectivity index (χ0v) is 18.7. The van der Waals surface area contributed by atoms with Gasteiger partial charge in [0.2, 0.25) is 16.0 Å². The van der Waals surface area contributed by atoms with Gasteiger partial charge in [-0.3, -0.25) is 9.36 Å². The van der Waals surface area contributed by atoms with Gasteiger partial charge in [0.15, 0.2) is 0 Å². The van der Waals surface area contributed by atoms with E-state index in [-0.39, 0.29) is 17.5 Å². The predicted molar refractivity (Wildman–Crippen MR) is 116 cm³/mol. The summed E-state index contributed by atoms with van der Waals surface area (Å²) in [6.07, 6.45) is 5.87. The summed E-state index contributed by atoms with van der Waals surface area (Å²) in [6.45, 7) is 0.828. The van der Waals surface area contributed by atoms with Crippen molar-refractivity contribution in [1.82, 2.24) is 18.8 Å². The molecule has 1 spiro atoms. The number of hydrogen-bond donors (Lipinski definition) is 1. The topological polar surface area (TPSA) is 97.2 Å². The van der Waals surface area contributed by atoms with Crippen LogP contribution in [0.1, 0.15) is 63.0 Å². The molecule has 2 aromatic heterocycles. The lowest BCUT2D eigenvalue weighted by atomic mass is 9.99. The minimum absolute atomic E-state index is 0.00721. The molecule has 2 aliphatic carbocycles. The van der Waals surface area contributed by atoms with Crippen molar-refractivity contribution < 1.29 is 17.2 Å². The van der Waals surface area contributed by atoms with Crippen LogP contribution in [0.2, 0.25) is 0 Å². The van der Waals surface area contributed by atoms with Gasteiger partial charge in [-0.15, -0.1) is 0 Å². The van der Waals surface area contributed by atoms with Crippen molar-refractivity contribution >= 4 is 27.0 Å². The van der Waals surface area contributed by atoms with Crippen molar-refractivity contribution in [1.29, 1.82) is 0 Å². The number of halogens is 2. The number of nitrogens with one attached hydrogen (secondary N) is 1. The first kappa shape index (κ1) is 21.7. The number of fused-ring (bicyclic) bond motifs is 1. The fourth-order valence-electron chi connectivity index (χ4n) is 5.44. The summed E-state index contributed by atoms with van der Waals surface area (Å²) in [5, 5.41) is 3.68. The third kappa shape index (κ3) is 3.79. The lowest BCUT2D eigenvalue weighted by molar-refractivity contribution is 0.148. The van der Waals surface area contributed by atoms with Crippen LogP contribution >= 0.6 is 0 Å². The van der Waals surface area contributed by atoms with E-state index in [1.54, 1.807) is 0 Å². The number of sulfonamides is 1. The van der Waals surface area contributed by atoms with Crippen LogP contribution in [-0.2, 0) is 10.0 Å². The van der Waals surface area contributed by atoms with Gasteiger partial charge < -0.3 is 5.32 Å². The Kier molecular flexibility index (Phi) is 5.23. The number of aromatic nitrogens is 3. The number of hydrogen-bond acceptors (Lipinski definition) is 6. The highest BCUT2D eigenvalue weighted by Crippen LogP contribution is 2.63. The first-order chi connectivity index (χ1) is 15.2.